The lowest BCUT2D eigenvalue weighted by Gasteiger charge is -1.91. The molecular weight excluding hydrogens is 1140 g/mol. The SMILES string of the molecule is O=C([O-])c1ccco1.O=C([O-])c1ccco1.O=C([O-])c1ccco1.c1ccc([I+]c2ccccc2)cc1.c1ccc([I+]c2ccccc2)cc1.c1ccc([I+]c2ccccc2)cc1. The van der Waals surface area contributed by atoms with Gasteiger partial charge in [0.05, 0.1) is 18.8 Å². The standard InChI is InChI=1S/3C12H10I.3C5H4O3/c3*1-3-7-11(8-4-1)13-12-9-5-2-6-10-12;3*6-5(7)4-2-1-3-8-4/h3*1-10H;3*1-3H,(H,6,7)/q3*+1;;;/p-3. The molecule has 3 aromatic heterocycles. The van der Waals surface area contributed by atoms with E-state index in [2.05, 4.69) is 195 Å². The summed E-state index contributed by atoms with van der Waals surface area (Å²) in [5.41, 5.74) is 0. The van der Waals surface area contributed by atoms with Gasteiger partial charge in [-0.25, -0.2) is 0 Å². The number of benzene rings is 6. The molecule has 9 rings (SSSR count). The Balaban J connectivity index is 0.000000168. The number of rotatable bonds is 9. The Hall–Kier alpha value is -6.24. The van der Waals surface area contributed by atoms with Crippen LogP contribution in [0.15, 0.2) is 250 Å². The Labute approximate surface area is 396 Å². The predicted molar refractivity (Wildman–Crippen MR) is 220 cm³/mol. The molecule has 63 heavy (non-hydrogen) atoms. The smallest absolute Gasteiger partial charge is 0.357 e. The molecule has 0 atom stereocenters. The minimum atomic E-state index is -1.28. The molecule has 0 aliphatic carbocycles. The van der Waals surface area contributed by atoms with E-state index in [0.717, 1.165) is 0 Å². The Morgan fingerprint density at radius 1 is 0.270 bits per heavy atom. The summed E-state index contributed by atoms with van der Waals surface area (Å²) in [5.74, 6) is -4.25. The molecule has 318 valence electrons. The number of carboxylic acids is 3. The zero-order chi connectivity index (χ0) is 44.7. The lowest BCUT2D eigenvalue weighted by atomic mass is 10.4. The van der Waals surface area contributed by atoms with Crippen LogP contribution < -0.4 is 78.9 Å². The molecule has 6 aromatic carbocycles. The third-order valence-corrected chi connectivity index (χ3v) is 15.3. The van der Waals surface area contributed by atoms with Crippen LogP contribution in [0.3, 0.4) is 0 Å². The first-order valence-corrected chi connectivity index (χ1v) is 25.2. The van der Waals surface area contributed by atoms with Crippen molar-refractivity contribution >= 4 is 17.9 Å². The Morgan fingerprint density at radius 3 is 0.556 bits per heavy atom. The molecule has 0 saturated heterocycles. The van der Waals surface area contributed by atoms with E-state index in [0.29, 0.717) is 0 Å². The summed E-state index contributed by atoms with van der Waals surface area (Å²) in [4.78, 5) is 29.6. The second-order valence-electron chi connectivity index (χ2n) is 11.9. The van der Waals surface area contributed by atoms with Gasteiger partial charge in [-0.15, -0.1) is 0 Å². The predicted octanol–water partition coefficient (Wildman–Crippen LogP) is -1.63. The number of halogens is 3. The maximum atomic E-state index is 9.86. The zero-order valence-corrected chi connectivity index (χ0v) is 39.8. The normalized spacial score (nSPS) is 9.52. The van der Waals surface area contributed by atoms with E-state index in [1.54, 1.807) is 0 Å². The van der Waals surface area contributed by atoms with E-state index in [9.17, 15) is 29.7 Å². The van der Waals surface area contributed by atoms with Crippen molar-refractivity contribution in [3.63, 3.8) is 0 Å². The van der Waals surface area contributed by atoms with E-state index in [1.807, 2.05) is 0 Å². The van der Waals surface area contributed by atoms with Gasteiger partial charge in [-0.1, -0.05) is 109 Å². The Morgan fingerprint density at radius 2 is 0.444 bits per heavy atom. The number of hydrogen-bond acceptors (Lipinski definition) is 9. The molecule has 0 fully saturated rings. The van der Waals surface area contributed by atoms with Crippen LogP contribution in [0.4, 0.5) is 0 Å². The first-order chi connectivity index (χ1) is 30.8. The molecule has 0 aliphatic heterocycles. The summed E-state index contributed by atoms with van der Waals surface area (Å²) in [6.45, 7) is 0. The van der Waals surface area contributed by atoms with Crippen LogP contribution in [0, 0.1) is 21.4 Å². The zero-order valence-electron chi connectivity index (χ0n) is 33.3. The Bertz CT molecular complexity index is 2120. The van der Waals surface area contributed by atoms with Gasteiger partial charge < -0.3 is 43.0 Å². The fourth-order valence-corrected chi connectivity index (χ4v) is 11.2. The number of furan rings is 3. The van der Waals surface area contributed by atoms with Gasteiger partial charge in [0.25, 0.3) is 0 Å². The number of aromatic carboxylic acids is 3. The largest absolute Gasteiger partial charge is 0.542 e. The lowest BCUT2D eigenvalue weighted by Crippen LogP contribution is -3.61. The topological polar surface area (TPSA) is 160 Å². The van der Waals surface area contributed by atoms with Gasteiger partial charge in [0.15, 0.2) is 21.4 Å². The van der Waals surface area contributed by atoms with Crippen LogP contribution in [0.5, 0.6) is 0 Å². The van der Waals surface area contributed by atoms with Crippen LogP contribution in [0.1, 0.15) is 31.7 Å². The summed E-state index contributed by atoms with van der Waals surface area (Å²) in [5, 5.41) is 29.6. The van der Waals surface area contributed by atoms with Gasteiger partial charge in [0, 0.05) is 0 Å². The van der Waals surface area contributed by atoms with Crippen LogP contribution in [0.25, 0.3) is 0 Å². The third kappa shape index (κ3) is 21.4. The van der Waals surface area contributed by atoms with E-state index in [1.165, 1.54) is 76.6 Å². The van der Waals surface area contributed by atoms with E-state index < -0.39 is 17.9 Å². The molecule has 0 N–H and O–H groups in total. The summed E-state index contributed by atoms with van der Waals surface area (Å²) in [6, 6.07) is 72.7. The van der Waals surface area contributed by atoms with Gasteiger partial charge in [0.2, 0.25) is 0 Å². The highest BCUT2D eigenvalue weighted by molar-refractivity contribution is 5.82. The second-order valence-corrected chi connectivity index (χ2v) is 20.9. The van der Waals surface area contributed by atoms with Gasteiger partial charge in [-0.2, -0.15) is 0 Å². The maximum Gasteiger partial charge on any atom is 0.357 e. The van der Waals surface area contributed by atoms with Crippen molar-refractivity contribution in [2.24, 2.45) is 0 Å². The molecule has 0 spiro atoms. The molecule has 0 amide bonds. The van der Waals surface area contributed by atoms with Crippen molar-refractivity contribution in [1.29, 1.82) is 0 Å². The highest BCUT2D eigenvalue weighted by Crippen LogP contribution is 1.97. The average Bonchev–Trinajstić information content (AvgIpc) is 4.16. The second kappa shape index (κ2) is 29.9. The number of carbonyl (C=O) groups excluding carboxylic acids is 3. The van der Waals surface area contributed by atoms with E-state index >= 15 is 0 Å². The monoisotopic (exact) mass is 1180 g/mol. The Kier molecular flexibility index (Phi) is 23.5. The average molecular weight is 1180 g/mol. The summed E-state index contributed by atoms with van der Waals surface area (Å²) in [6.07, 6.45) is 3.85. The van der Waals surface area contributed by atoms with Gasteiger partial charge in [0.1, 0.15) is 35.2 Å². The quantitative estimate of drug-likeness (QED) is 0.155. The summed E-state index contributed by atoms with van der Waals surface area (Å²) >= 11 is 0.0861. The molecule has 0 aliphatic rings. The summed E-state index contributed by atoms with van der Waals surface area (Å²) < 4.78 is 22.2. The number of hydrogen-bond donors (Lipinski definition) is 0. The molecule has 12 heteroatoms. The number of carboxylic acid groups (broad SMARTS) is 3. The first-order valence-electron chi connectivity index (χ1n) is 18.8. The van der Waals surface area contributed by atoms with Crippen LogP contribution in [0.2, 0.25) is 0 Å². The fourth-order valence-electron chi connectivity index (χ4n) is 4.43. The van der Waals surface area contributed by atoms with Crippen molar-refractivity contribution in [3.05, 3.63) is 276 Å². The molecule has 0 unspecified atom stereocenters. The maximum absolute atomic E-state index is 9.86. The molecule has 9 aromatic rings. The molecule has 0 radical (unpaired) electrons. The van der Waals surface area contributed by atoms with Crippen molar-refractivity contribution in [2.45, 2.75) is 0 Å². The molecule has 0 saturated carbocycles. The summed E-state index contributed by atoms with van der Waals surface area (Å²) in [7, 11) is 0. The highest BCUT2D eigenvalue weighted by Gasteiger charge is 2.14. The molecule has 9 nitrogen and oxygen atoms in total. The van der Waals surface area contributed by atoms with Crippen molar-refractivity contribution in [1.82, 2.24) is 0 Å². The van der Waals surface area contributed by atoms with Crippen molar-refractivity contribution in [3.8, 4) is 0 Å². The molecular formula is C51H39I3O9. The third-order valence-electron chi connectivity index (χ3n) is 7.22. The molecule has 3 heterocycles. The number of carbonyl (C=O) groups is 3. The lowest BCUT2D eigenvalue weighted by molar-refractivity contribution is -0.597. The van der Waals surface area contributed by atoms with Crippen molar-refractivity contribution in [2.75, 3.05) is 0 Å². The van der Waals surface area contributed by atoms with Gasteiger partial charge in [-0.05, 0) is 109 Å². The van der Waals surface area contributed by atoms with Crippen LogP contribution in [-0.4, -0.2) is 17.9 Å². The van der Waals surface area contributed by atoms with E-state index in [4.69, 9.17) is 0 Å². The minimum absolute atomic E-state index is 0.0287. The first kappa shape index (κ1) is 49.4. The van der Waals surface area contributed by atoms with Gasteiger partial charge >= 0.3 is 63.6 Å². The van der Waals surface area contributed by atoms with Gasteiger partial charge in [-0.3, -0.25) is 0 Å². The van der Waals surface area contributed by atoms with Crippen LogP contribution >= 0.6 is 0 Å². The molecule has 0 bridgehead atoms. The highest BCUT2D eigenvalue weighted by atomic mass is 127. The van der Waals surface area contributed by atoms with E-state index in [-0.39, 0.29) is 80.9 Å². The fraction of sp³-hybridized carbons (Fsp3) is 0. The minimum Gasteiger partial charge on any atom is -0.542 e. The van der Waals surface area contributed by atoms with Crippen LogP contribution in [-0.2, 0) is 0 Å². The van der Waals surface area contributed by atoms with Crippen molar-refractivity contribution < 1.29 is 107 Å².